The first-order valence-corrected chi connectivity index (χ1v) is 11.3. The van der Waals surface area contributed by atoms with Crippen molar-refractivity contribution >= 4 is 6.03 Å². The average Bonchev–Trinajstić information content (AvgIpc) is 3.39. The Morgan fingerprint density at radius 1 is 1.22 bits per heavy atom. The number of benzene rings is 2. The minimum Gasteiger partial charge on any atom is -0.493 e. The molecule has 0 radical (unpaired) electrons. The summed E-state index contributed by atoms with van der Waals surface area (Å²) in [4.78, 5) is 14.1. The van der Waals surface area contributed by atoms with Crippen molar-refractivity contribution in [2.24, 2.45) is 5.92 Å². The molecule has 2 aromatic rings. The highest BCUT2D eigenvalue weighted by Gasteiger charge is 2.57. The molecule has 172 valence electrons. The molecule has 0 aromatic heterocycles. The van der Waals surface area contributed by atoms with Gasteiger partial charge in [-0.25, -0.2) is 13.6 Å². The van der Waals surface area contributed by atoms with Gasteiger partial charge >= 0.3 is 6.03 Å². The van der Waals surface area contributed by atoms with E-state index in [1.54, 1.807) is 0 Å². The zero-order chi connectivity index (χ0) is 22.7. The average molecular weight is 444 g/mol. The topological polar surface area (TPSA) is 53.6 Å². The molecular formula is C25H31F2N3O2. The van der Waals surface area contributed by atoms with Gasteiger partial charge in [0.2, 0.25) is 0 Å². The van der Waals surface area contributed by atoms with E-state index in [0.717, 1.165) is 31.6 Å². The fourth-order valence-electron chi connectivity index (χ4n) is 4.12. The van der Waals surface area contributed by atoms with Gasteiger partial charge < -0.3 is 15.4 Å². The number of nitrogens with one attached hydrogen (secondary N) is 2. The van der Waals surface area contributed by atoms with Crippen molar-refractivity contribution in [3.05, 3.63) is 64.7 Å². The standard InChI is InChI=1S/C25H31F2N3O2/c1-3-28-24(31)29-17(2)19-6-4-18(5-7-19)14-30-11-10-20-12-23(9-8-21(20)15-30)32-16-22-13-25(22,26)27/h4-9,12,17,22H,3,10-11,13-16H2,1-2H3,(H2,28,29,31)/t17-,22?/m0/s1. The van der Waals surface area contributed by atoms with Crippen molar-refractivity contribution in [1.29, 1.82) is 0 Å². The summed E-state index contributed by atoms with van der Waals surface area (Å²) in [6, 6.07) is 14.1. The van der Waals surface area contributed by atoms with Crippen molar-refractivity contribution in [2.75, 3.05) is 19.7 Å². The lowest BCUT2D eigenvalue weighted by atomic mass is 9.98. The minimum absolute atomic E-state index is 0.0555. The SMILES string of the molecule is CCNC(=O)N[C@@H](C)c1ccc(CN2CCc3cc(OCC4CC4(F)F)ccc3C2)cc1. The first-order valence-electron chi connectivity index (χ1n) is 11.3. The lowest BCUT2D eigenvalue weighted by Gasteiger charge is -2.29. The number of amides is 2. The number of nitrogens with zero attached hydrogens (tertiary/aromatic N) is 1. The maximum atomic E-state index is 13.0. The number of fused-ring (bicyclic) bond motifs is 1. The third-order valence-electron chi connectivity index (χ3n) is 6.25. The fraction of sp³-hybridized carbons (Fsp3) is 0.480. The fourth-order valence-corrected chi connectivity index (χ4v) is 4.12. The van der Waals surface area contributed by atoms with Crippen LogP contribution in [-0.4, -0.2) is 36.5 Å². The molecule has 1 aliphatic heterocycles. The zero-order valence-corrected chi connectivity index (χ0v) is 18.7. The van der Waals surface area contributed by atoms with Crippen LogP contribution in [0.15, 0.2) is 42.5 Å². The predicted octanol–water partition coefficient (Wildman–Crippen LogP) is 4.66. The third kappa shape index (κ3) is 5.57. The lowest BCUT2D eigenvalue weighted by molar-refractivity contribution is 0.0856. The molecule has 0 bridgehead atoms. The van der Waals surface area contributed by atoms with Gasteiger partial charge in [0.05, 0.1) is 18.6 Å². The number of hydrogen-bond acceptors (Lipinski definition) is 3. The molecule has 2 N–H and O–H groups in total. The lowest BCUT2D eigenvalue weighted by Crippen LogP contribution is -2.36. The number of carbonyl (C=O) groups excluding carboxylic acids is 1. The molecule has 1 unspecified atom stereocenters. The molecule has 2 aromatic carbocycles. The predicted molar refractivity (Wildman–Crippen MR) is 120 cm³/mol. The van der Waals surface area contributed by atoms with Gasteiger partial charge in [0, 0.05) is 32.6 Å². The number of hydrogen-bond donors (Lipinski definition) is 2. The van der Waals surface area contributed by atoms with E-state index in [-0.39, 0.29) is 25.1 Å². The third-order valence-corrected chi connectivity index (χ3v) is 6.25. The normalized spacial score (nSPS) is 20.2. The Hall–Kier alpha value is -2.67. The van der Waals surface area contributed by atoms with Crippen molar-refractivity contribution in [1.82, 2.24) is 15.5 Å². The summed E-state index contributed by atoms with van der Waals surface area (Å²) in [6.07, 6.45) is 0.856. The van der Waals surface area contributed by atoms with E-state index in [2.05, 4.69) is 45.9 Å². The van der Waals surface area contributed by atoms with Crippen LogP contribution in [0.4, 0.5) is 13.6 Å². The van der Waals surface area contributed by atoms with Crippen molar-refractivity contribution in [3.63, 3.8) is 0 Å². The molecule has 7 heteroatoms. The summed E-state index contributed by atoms with van der Waals surface area (Å²) in [5.41, 5.74) is 4.80. The van der Waals surface area contributed by atoms with E-state index < -0.39 is 11.8 Å². The Bertz CT molecular complexity index is 949. The smallest absolute Gasteiger partial charge is 0.315 e. The quantitative estimate of drug-likeness (QED) is 0.624. The largest absolute Gasteiger partial charge is 0.493 e. The second-order valence-corrected chi connectivity index (χ2v) is 8.83. The van der Waals surface area contributed by atoms with Crippen molar-refractivity contribution < 1.29 is 18.3 Å². The van der Waals surface area contributed by atoms with Gasteiger partial charge in [0.15, 0.2) is 0 Å². The van der Waals surface area contributed by atoms with Crippen LogP contribution in [-0.2, 0) is 19.5 Å². The van der Waals surface area contributed by atoms with Crippen LogP contribution in [0.1, 0.15) is 48.6 Å². The summed E-state index contributed by atoms with van der Waals surface area (Å²) in [7, 11) is 0. The molecule has 32 heavy (non-hydrogen) atoms. The maximum absolute atomic E-state index is 13.0. The molecule has 2 atom stereocenters. The Morgan fingerprint density at radius 2 is 1.97 bits per heavy atom. The van der Waals surface area contributed by atoms with Gasteiger partial charge in [-0.2, -0.15) is 0 Å². The monoisotopic (exact) mass is 443 g/mol. The minimum atomic E-state index is -2.54. The molecule has 2 amide bonds. The van der Waals surface area contributed by atoms with Gasteiger partial charge in [-0.05, 0) is 54.7 Å². The number of carbonyl (C=O) groups is 1. The summed E-state index contributed by atoms with van der Waals surface area (Å²) >= 11 is 0. The Morgan fingerprint density at radius 3 is 2.66 bits per heavy atom. The second kappa shape index (κ2) is 9.45. The van der Waals surface area contributed by atoms with Gasteiger partial charge in [0.25, 0.3) is 5.92 Å². The van der Waals surface area contributed by atoms with Crippen molar-refractivity contribution in [2.45, 2.75) is 51.7 Å². The van der Waals surface area contributed by atoms with Crippen LogP contribution in [0.2, 0.25) is 0 Å². The van der Waals surface area contributed by atoms with Crippen LogP contribution in [0.5, 0.6) is 5.75 Å². The summed E-state index contributed by atoms with van der Waals surface area (Å²) < 4.78 is 31.7. The Kier molecular flexibility index (Phi) is 6.65. The molecule has 1 fully saturated rings. The Balaban J connectivity index is 1.29. The molecule has 1 saturated carbocycles. The zero-order valence-electron chi connectivity index (χ0n) is 18.7. The molecule has 5 nitrogen and oxygen atoms in total. The summed E-state index contributed by atoms with van der Waals surface area (Å²) in [5.74, 6) is -2.48. The second-order valence-electron chi connectivity index (χ2n) is 8.83. The molecule has 1 aliphatic carbocycles. The summed E-state index contributed by atoms with van der Waals surface area (Å²) in [5, 5.41) is 5.67. The van der Waals surface area contributed by atoms with Gasteiger partial charge in [-0.15, -0.1) is 0 Å². The summed E-state index contributed by atoms with van der Waals surface area (Å²) in [6.45, 7) is 7.20. The van der Waals surface area contributed by atoms with Crippen LogP contribution in [0.3, 0.4) is 0 Å². The maximum Gasteiger partial charge on any atom is 0.315 e. The molecular weight excluding hydrogens is 412 g/mol. The number of ether oxygens (including phenoxy) is 1. The number of halogens is 2. The van der Waals surface area contributed by atoms with E-state index in [4.69, 9.17) is 4.74 Å². The van der Waals surface area contributed by atoms with Crippen LogP contribution in [0, 0.1) is 5.92 Å². The molecule has 0 spiro atoms. The molecule has 2 aliphatic rings. The Labute approximate surface area is 188 Å². The van der Waals surface area contributed by atoms with Crippen molar-refractivity contribution in [3.8, 4) is 5.75 Å². The highest BCUT2D eigenvalue weighted by atomic mass is 19.3. The number of urea groups is 1. The first-order chi connectivity index (χ1) is 15.3. The van der Waals surface area contributed by atoms with Gasteiger partial charge in [-0.1, -0.05) is 30.3 Å². The van der Waals surface area contributed by atoms with E-state index in [0.29, 0.717) is 12.3 Å². The molecule has 1 heterocycles. The van der Waals surface area contributed by atoms with E-state index >= 15 is 0 Å². The highest BCUT2D eigenvalue weighted by molar-refractivity contribution is 5.74. The van der Waals surface area contributed by atoms with Gasteiger partial charge in [-0.3, -0.25) is 4.90 Å². The van der Waals surface area contributed by atoms with Crippen LogP contribution >= 0.6 is 0 Å². The molecule has 0 saturated heterocycles. The van der Waals surface area contributed by atoms with E-state index in [9.17, 15) is 13.6 Å². The van der Waals surface area contributed by atoms with Crippen LogP contribution < -0.4 is 15.4 Å². The van der Waals surface area contributed by atoms with E-state index in [1.807, 2.05) is 26.0 Å². The molecule has 4 rings (SSSR count). The van der Waals surface area contributed by atoms with Crippen LogP contribution in [0.25, 0.3) is 0 Å². The van der Waals surface area contributed by atoms with E-state index in [1.165, 1.54) is 16.7 Å². The number of alkyl halides is 2. The first kappa shape index (κ1) is 22.5. The number of rotatable bonds is 8. The highest BCUT2D eigenvalue weighted by Crippen LogP contribution is 2.48. The van der Waals surface area contributed by atoms with Gasteiger partial charge in [0.1, 0.15) is 5.75 Å².